The summed E-state index contributed by atoms with van der Waals surface area (Å²) in [5.41, 5.74) is 0.418. The molecule has 0 amide bonds. The second-order valence-corrected chi connectivity index (χ2v) is 4.07. The van der Waals surface area contributed by atoms with Crippen molar-refractivity contribution in [2.24, 2.45) is 0 Å². The number of aryl methyl sites for hydroxylation is 1. The minimum atomic E-state index is -1.15. The summed E-state index contributed by atoms with van der Waals surface area (Å²) in [4.78, 5) is 10.8. The summed E-state index contributed by atoms with van der Waals surface area (Å²) in [7, 11) is 0. The van der Waals surface area contributed by atoms with Crippen molar-refractivity contribution in [3.8, 4) is 11.8 Å². The van der Waals surface area contributed by atoms with Crippen LogP contribution in [0.25, 0.3) is 0 Å². The number of carboxylic acid groups (broad SMARTS) is 1. The lowest BCUT2D eigenvalue weighted by Crippen LogP contribution is -1.96. The molecule has 20 heavy (non-hydrogen) atoms. The molecule has 0 aliphatic rings. The van der Waals surface area contributed by atoms with Crippen molar-refractivity contribution < 1.29 is 23.4 Å². The third kappa shape index (κ3) is 2.78. The van der Waals surface area contributed by atoms with Crippen LogP contribution in [-0.4, -0.2) is 11.1 Å². The number of hydrogen-bond donors (Lipinski definition) is 1. The zero-order valence-electron chi connectivity index (χ0n) is 10.5. The molecule has 6 heteroatoms. The highest BCUT2D eigenvalue weighted by atomic mass is 19.1. The molecule has 2 rings (SSSR count). The maximum Gasteiger partial charge on any atom is 0.372 e. The van der Waals surface area contributed by atoms with Gasteiger partial charge in [0.1, 0.15) is 30.0 Å². The predicted molar refractivity (Wildman–Crippen MR) is 65.9 cm³/mol. The fourth-order valence-corrected chi connectivity index (χ4v) is 1.66. The Labute approximate surface area is 113 Å². The lowest BCUT2D eigenvalue weighted by Gasteiger charge is -2.04. The Morgan fingerprint density at radius 2 is 2.25 bits per heavy atom. The minimum absolute atomic E-state index is 0.0283. The standard InChI is InChI=1S/C14H10FNO4/c1-8-4-11(20-13(8)14(17)18)7-19-10-3-2-9(6-16)12(15)5-10/h2-5H,7H2,1H3,(H,17,18). The second-order valence-electron chi connectivity index (χ2n) is 4.07. The van der Waals surface area contributed by atoms with Crippen molar-refractivity contribution in [2.45, 2.75) is 13.5 Å². The van der Waals surface area contributed by atoms with E-state index in [4.69, 9.17) is 19.5 Å². The first-order chi connectivity index (χ1) is 9.51. The van der Waals surface area contributed by atoms with E-state index in [9.17, 15) is 9.18 Å². The third-order valence-corrected chi connectivity index (χ3v) is 2.61. The van der Waals surface area contributed by atoms with E-state index in [-0.39, 0.29) is 23.7 Å². The van der Waals surface area contributed by atoms with Crippen molar-refractivity contribution >= 4 is 5.97 Å². The molecular weight excluding hydrogens is 265 g/mol. The van der Waals surface area contributed by atoms with Gasteiger partial charge < -0.3 is 14.3 Å². The van der Waals surface area contributed by atoms with Crippen LogP contribution in [0.15, 0.2) is 28.7 Å². The van der Waals surface area contributed by atoms with E-state index in [0.717, 1.165) is 6.07 Å². The molecule has 0 spiro atoms. The molecule has 1 N–H and O–H groups in total. The lowest BCUT2D eigenvalue weighted by molar-refractivity contribution is 0.0657. The van der Waals surface area contributed by atoms with Crippen molar-refractivity contribution in [1.29, 1.82) is 5.26 Å². The summed E-state index contributed by atoms with van der Waals surface area (Å²) >= 11 is 0. The van der Waals surface area contributed by atoms with Gasteiger partial charge in [-0.1, -0.05) is 0 Å². The van der Waals surface area contributed by atoms with Gasteiger partial charge in [0.05, 0.1) is 5.56 Å². The Balaban J connectivity index is 2.09. The predicted octanol–water partition coefficient (Wildman–Crippen LogP) is 2.88. The van der Waals surface area contributed by atoms with Crippen LogP contribution in [0.3, 0.4) is 0 Å². The van der Waals surface area contributed by atoms with Gasteiger partial charge in [-0.3, -0.25) is 0 Å². The summed E-state index contributed by atoms with van der Waals surface area (Å²) < 4.78 is 23.7. The molecule has 2 aromatic rings. The Hall–Kier alpha value is -2.81. The summed E-state index contributed by atoms with van der Waals surface area (Å²) in [5, 5.41) is 17.4. The number of halogens is 1. The van der Waals surface area contributed by atoms with Crippen LogP contribution in [-0.2, 0) is 6.61 Å². The van der Waals surface area contributed by atoms with Crippen LogP contribution in [0.5, 0.6) is 5.75 Å². The van der Waals surface area contributed by atoms with Gasteiger partial charge >= 0.3 is 5.97 Å². The number of benzene rings is 1. The average molecular weight is 275 g/mol. The smallest absolute Gasteiger partial charge is 0.372 e. The normalized spacial score (nSPS) is 10.1. The maximum absolute atomic E-state index is 13.3. The van der Waals surface area contributed by atoms with Gasteiger partial charge in [0.2, 0.25) is 5.76 Å². The maximum atomic E-state index is 13.3. The van der Waals surface area contributed by atoms with E-state index in [1.165, 1.54) is 12.1 Å². The molecule has 0 atom stereocenters. The number of hydrogen-bond acceptors (Lipinski definition) is 4. The van der Waals surface area contributed by atoms with Crippen molar-refractivity contribution in [3.63, 3.8) is 0 Å². The first-order valence-electron chi connectivity index (χ1n) is 5.66. The summed E-state index contributed by atoms with van der Waals surface area (Å²) in [6.07, 6.45) is 0. The van der Waals surface area contributed by atoms with Gasteiger partial charge in [0, 0.05) is 11.6 Å². The van der Waals surface area contributed by atoms with Crippen LogP contribution in [0, 0.1) is 24.1 Å². The van der Waals surface area contributed by atoms with Crippen LogP contribution >= 0.6 is 0 Å². The van der Waals surface area contributed by atoms with E-state index in [2.05, 4.69) is 0 Å². The Morgan fingerprint density at radius 1 is 1.50 bits per heavy atom. The monoisotopic (exact) mass is 275 g/mol. The largest absolute Gasteiger partial charge is 0.486 e. The van der Waals surface area contributed by atoms with Gasteiger partial charge in [0.25, 0.3) is 0 Å². The summed E-state index contributed by atoms with van der Waals surface area (Å²) in [6.45, 7) is 1.58. The van der Waals surface area contributed by atoms with Gasteiger partial charge in [0.15, 0.2) is 0 Å². The zero-order valence-corrected chi connectivity index (χ0v) is 10.5. The molecule has 0 saturated carbocycles. The molecule has 0 saturated heterocycles. The molecule has 0 radical (unpaired) electrons. The van der Waals surface area contributed by atoms with E-state index >= 15 is 0 Å². The van der Waals surface area contributed by atoms with Crippen molar-refractivity contribution in [2.75, 3.05) is 0 Å². The highest BCUT2D eigenvalue weighted by Crippen LogP contribution is 2.19. The average Bonchev–Trinajstić information content (AvgIpc) is 2.78. The Kier molecular flexibility index (Phi) is 3.71. The van der Waals surface area contributed by atoms with Crippen LogP contribution in [0.4, 0.5) is 4.39 Å². The Bertz CT molecular complexity index is 700. The van der Waals surface area contributed by atoms with Crippen LogP contribution in [0.2, 0.25) is 0 Å². The van der Waals surface area contributed by atoms with E-state index < -0.39 is 11.8 Å². The molecular formula is C14H10FNO4. The van der Waals surface area contributed by atoms with E-state index in [1.54, 1.807) is 19.1 Å². The number of rotatable bonds is 4. The second kappa shape index (κ2) is 5.45. The van der Waals surface area contributed by atoms with Gasteiger partial charge in [-0.15, -0.1) is 0 Å². The highest BCUT2D eigenvalue weighted by Gasteiger charge is 2.14. The molecule has 0 aliphatic carbocycles. The molecule has 1 heterocycles. The number of aromatic carboxylic acids is 1. The minimum Gasteiger partial charge on any atom is -0.486 e. The van der Waals surface area contributed by atoms with Crippen molar-refractivity contribution in [1.82, 2.24) is 0 Å². The highest BCUT2D eigenvalue weighted by molar-refractivity contribution is 5.86. The van der Waals surface area contributed by atoms with Gasteiger partial charge in [-0.2, -0.15) is 5.26 Å². The SMILES string of the molecule is Cc1cc(COc2ccc(C#N)c(F)c2)oc1C(=O)O. The molecule has 0 fully saturated rings. The molecule has 0 bridgehead atoms. The number of nitrogens with zero attached hydrogens (tertiary/aromatic N) is 1. The molecule has 5 nitrogen and oxygen atoms in total. The quantitative estimate of drug-likeness (QED) is 0.927. The van der Waals surface area contributed by atoms with Crippen molar-refractivity contribution in [3.05, 3.63) is 52.7 Å². The fourth-order valence-electron chi connectivity index (χ4n) is 1.66. The molecule has 1 aromatic carbocycles. The third-order valence-electron chi connectivity index (χ3n) is 2.61. The topological polar surface area (TPSA) is 83.5 Å². The number of carbonyl (C=O) groups is 1. The summed E-state index contributed by atoms with van der Waals surface area (Å²) in [5.74, 6) is -1.42. The molecule has 0 aliphatic heterocycles. The first kappa shape index (κ1) is 13.6. The van der Waals surface area contributed by atoms with Crippen LogP contribution < -0.4 is 4.74 Å². The van der Waals surface area contributed by atoms with E-state index in [1.807, 2.05) is 0 Å². The number of ether oxygens (including phenoxy) is 1. The van der Waals surface area contributed by atoms with Gasteiger partial charge in [-0.25, -0.2) is 9.18 Å². The van der Waals surface area contributed by atoms with Gasteiger partial charge in [-0.05, 0) is 25.1 Å². The fraction of sp³-hybridized carbons (Fsp3) is 0.143. The van der Waals surface area contributed by atoms with E-state index in [0.29, 0.717) is 11.3 Å². The molecule has 0 unspecified atom stereocenters. The zero-order chi connectivity index (χ0) is 14.7. The number of nitriles is 1. The number of furan rings is 1. The first-order valence-corrected chi connectivity index (χ1v) is 5.66. The lowest BCUT2D eigenvalue weighted by atomic mass is 10.2. The molecule has 1 aromatic heterocycles. The Morgan fingerprint density at radius 3 is 2.80 bits per heavy atom. The van der Waals surface area contributed by atoms with Crippen LogP contribution in [0.1, 0.15) is 27.4 Å². The molecule has 102 valence electrons. The number of carboxylic acids is 1. The summed E-state index contributed by atoms with van der Waals surface area (Å²) in [6, 6.07) is 7.10.